The van der Waals surface area contributed by atoms with Crippen LogP contribution in [-0.4, -0.2) is 55.2 Å². The Morgan fingerprint density at radius 3 is 3.11 bits per heavy atom. The summed E-state index contributed by atoms with van der Waals surface area (Å²) in [5.41, 5.74) is 1.18. The molecule has 1 aromatic rings. The molecule has 3 rings (SSSR count). The lowest BCUT2D eigenvalue weighted by atomic mass is 10.2. The molecule has 2 fully saturated rings. The predicted molar refractivity (Wildman–Crippen MR) is 73.1 cm³/mol. The standard InChI is InChI=1S/C13H19N5O/c1-14-6-10-2-3-12(15-7-10)17-4-5-18-11(9-17)8-16-13(18)19/h2-3,7,11,14H,4-6,8-9H2,1H3,(H,16,19). The van der Waals surface area contributed by atoms with Crippen LogP contribution in [0.2, 0.25) is 0 Å². The molecule has 2 aliphatic rings. The third-order valence-corrected chi connectivity index (χ3v) is 3.75. The normalized spacial score (nSPS) is 22.4. The molecule has 0 spiro atoms. The van der Waals surface area contributed by atoms with Crippen LogP contribution in [0.15, 0.2) is 18.3 Å². The van der Waals surface area contributed by atoms with Crippen LogP contribution in [0.5, 0.6) is 0 Å². The summed E-state index contributed by atoms with van der Waals surface area (Å²) in [7, 11) is 1.93. The summed E-state index contributed by atoms with van der Waals surface area (Å²) in [4.78, 5) is 20.2. The highest BCUT2D eigenvalue weighted by atomic mass is 16.2. The van der Waals surface area contributed by atoms with Crippen molar-refractivity contribution in [1.82, 2.24) is 20.5 Å². The number of fused-ring (bicyclic) bond motifs is 1. The van der Waals surface area contributed by atoms with E-state index in [0.29, 0.717) is 0 Å². The molecule has 1 unspecified atom stereocenters. The highest BCUT2D eigenvalue weighted by Crippen LogP contribution is 2.19. The molecule has 2 aliphatic heterocycles. The highest BCUT2D eigenvalue weighted by Gasteiger charge is 2.35. The van der Waals surface area contributed by atoms with E-state index in [9.17, 15) is 4.79 Å². The number of carbonyl (C=O) groups is 1. The first-order valence-corrected chi connectivity index (χ1v) is 6.67. The molecular weight excluding hydrogens is 242 g/mol. The fraction of sp³-hybridized carbons (Fsp3) is 0.538. The Morgan fingerprint density at radius 2 is 2.37 bits per heavy atom. The van der Waals surface area contributed by atoms with Gasteiger partial charge in [-0.25, -0.2) is 9.78 Å². The number of hydrogen-bond donors (Lipinski definition) is 2. The number of rotatable bonds is 3. The Labute approximate surface area is 112 Å². The molecule has 2 amide bonds. The lowest BCUT2D eigenvalue weighted by Gasteiger charge is -2.37. The number of pyridine rings is 1. The summed E-state index contributed by atoms with van der Waals surface area (Å²) in [6, 6.07) is 4.51. The second-order valence-electron chi connectivity index (χ2n) is 5.03. The third-order valence-electron chi connectivity index (χ3n) is 3.75. The molecule has 19 heavy (non-hydrogen) atoms. The van der Waals surface area contributed by atoms with Crippen molar-refractivity contribution in [2.75, 3.05) is 38.1 Å². The Bertz CT molecular complexity index is 461. The van der Waals surface area contributed by atoms with Crippen molar-refractivity contribution in [2.24, 2.45) is 0 Å². The number of urea groups is 1. The lowest BCUT2D eigenvalue weighted by Crippen LogP contribution is -2.52. The van der Waals surface area contributed by atoms with Gasteiger partial charge in [-0.15, -0.1) is 0 Å². The van der Waals surface area contributed by atoms with Crippen molar-refractivity contribution in [2.45, 2.75) is 12.6 Å². The molecule has 6 heteroatoms. The van der Waals surface area contributed by atoms with Crippen LogP contribution in [0.4, 0.5) is 10.6 Å². The van der Waals surface area contributed by atoms with Gasteiger partial charge in [0.05, 0.1) is 6.04 Å². The Kier molecular flexibility index (Phi) is 3.25. The van der Waals surface area contributed by atoms with E-state index in [1.165, 1.54) is 5.56 Å². The largest absolute Gasteiger partial charge is 0.353 e. The van der Waals surface area contributed by atoms with Gasteiger partial charge < -0.3 is 20.4 Å². The Hall–Kier alpha value is -1.82. The number of carbonyl (C=O) groups excluding carboxylic acids is 1. The number of hydrogen-bond acceptors (Lipinski definition) is 4. The minimum Gasteiger partial charge on any atom is -0.353 e. The molecule has 0 aromatic carbocycles. The quantitative estimate of drug-likeness (QED) is 0.805. The number of piperazine rings is 1. The van der Waals surface area contributed by atoms with E-state index in [2.05, 4.69) is 32.7 Å². The molecule has 102 valence electrons. The highest BCUT2D eigenvalue weighted by molar-refractivity contribution is 5.77. The van der Waals surface area contributed by atoms with E-state index in [1.807, 2.05) is 18.1 Å². The van der Waals surface area contributed by atoms with Crippen LogP contribution >= 0.6 is 0 Å². The van der Waals surface area contributed by atoms with E-state index in [1.54, 1.807) is 0 Å². The molecule has 1 atom stereocenters. The van der Waals surface area contributed by atoms with Crippen molar-refractivity contribution >= 4 is 11.8 Å². The first kappa shape index (κ1) is 12.2. The van der Waals surface area contributed by atoms with E-state index in [0.717, 1.165) is 38.5 Å². The van der Waals surface area contributed by atoms with Gasteiger partial charge >= 0.3 is 6.03 Å². The average molecular weight is 261 g/mol. The van der Waals surface area contributed by atoms with Crippen molar-refractivity contribution in [3.05, 3.63) is 23.9 Å². The van der Waals surface area contributed by atoms with Crippen LogP contribution in [-0.2, 0) is 6.54 Å². The van der Waals surface area contributed by atoms with Crippen LogP contribution in [0.1, 0.15) is 5.56 Å². The second-order valence-corrected chi connectivity index (χ2v) is 5.03. The van der Waals surface area contributed by atoms with E-state index >= 15 is 0 Å². The molecular formula is C13H19N5O. The number of aromatic nitrogens is 1. The molecule has 0 saturated carbocycles. The zero-order valence-electron chi connectivity index (χ0n) is 11.1. The molecule has 3 heterocycles. The van der Waals surface area contributed by atoms with E-state index in [4.69, 9.17) is 0 Å². The molecule has 2 saturated heterocycles. The Morgan fingerprint density at radius 1 is 1.47 bits per heavy atom. The van der Waals surface area contributed by atoms with Gasteiger partial charge in [0.2, 0.25) is 0 Å². The second kappa shape index (κ2) is 5.05. The number of nitrogens with zero attached hydrogens (tertiary/aromatic N) is 3. The maximum atomic E-state index is 11.5. The Balaban J connectivity index is 1.68. The van der Waals surface area contributed by atoms with Crippen LogP contribution in [0.3, 0.4) is 0 Å². The van der Waals surface area contributed by atoms with Crippen molar-refractivity contribution in [3.63, 3.8) is 0 Å². The fourth-order valence-corrected chi connectivity index (χ4v) is 2.72. The van der Waals surface area contributed by atoms with Crippen molar-refractivity contribution in [1.29, 1.82) is 0 Å². The zero-order valence-corrected chi connectivity index (χ0v) is 11.1. The minimum atomic E-state index is 0.0713. The van der Waals surface area contributed by atoms with E-state index in [-0.39, 0.29) is 12.1 Å². The van der Waals surface area contributed by atoms with Gasteiger partial charge in [0.15, 0.2) is 0 Å². The lowest BCUT2D eigenvalue weighted by molar-refractivity contribution is 0.197. The maximum absolute atomic E-state index is 11.5. The van der Waals surface area contributed by atoms with Gasteiger partial charge in [0.25, 0.3) is 0 Å². The van der Waals surface area contributed by atoms with Crippen molar-refractivity contribution in [3.8, 4) is 0 Å². The summed E-state index contributed by atoms with van der Waals surface area (Å²) in [6.07, 6.45) is 1.91. The van der Waals surface area contributed by atoms with Gasteiger partial charge in [-0.1, -0.05) is 6.07 Å². The van der Waals surface area contributed by atoms with Crippen LogP contribution in [0, 0.1) is 0 Å². The van der Waals surface area contributed by atoms with Gasteiger partial charge in [0, 0.05) is 38.9 Å². The summed E-state index contributed by atoms with van der Waals surface area (Å²) in [5, 5.41) is 6.00. The maximum Gasteiger partial charge on any atom is 0.317 e. The summed E-state index contributed by atoms with van der Waals surface area (Å²) >= 11 is 0. The van der Waals surface area contributed by atoms with Gasteiger partial charge in [0.1, 0.15) is 5.82 Å². The first-order chi connectivity index (χ1) is 9.28. The van der Waals surface area contributed by atoms with Gasteiger partial charge in [-0.05, 0) is 18.7 Å². The van der Waals surface area contributed by atoms with Crippen LogP contribution < -0.4 is 15.5 Å². The van der Waals surface area contributed by atoms with Gasteiger partial charge in [-0.3, -0.25) is 0 Å². The topological polar surface area (TPSA) is 60.5 Å². The molecule has 1 aromatic heterocycles. The molecule has 0 bridgehead atoms. The smallest absolute Gasteiger partial charge is 0.317 e. The number of anilines is 1. The summed E-state index contributed by atoms with van der Waals surface area (Å²) in [5.74, 6) is 0.999. The summed E-state index contributed by atoms with van der Waals surface area (Å²) < 4.78 is 0. The van der Waals surface area contributed by atoms with Gasteiger partial charge in [-0.2, -0.15) is 0 Å². The van der Waals surface area contributed by atoms with Crippen LogP contribution in [0.25, 0.3) is 0 Å². The molecule has 0 radical (unpaired) electrons. The van der Waals surface area contributed by atoms with Crippen molar-refractivity contribution < 1.29 is 4.79 Å². The number of nitrogens with one attached hydrogen (secondary N) is 2. The molecule has 6 nitrogen and oxygen atoms in total. The fourth-order valence-electron chi connectivity index (χ4n) is 2.72. The minimum absolute atomic E-state index is 0.0713. The average Bonchev–Trinajstić information content (AvgIpc) is 2.81. The number of amides is 2. The van der Waals surface area contributed by atoms with E-state index < -0.39 is 0 Å². The molecule has 2 N–H and O–H groups in total. The SMILES string of the molecule is CNCc1ccc(N2CCN3C(=O)NCC3C2)nc1. The molecule has 0 aliphatic carbocycles. The zero-order chi connectivity index (χ0) is 13.2. The summed E-state index contributed by atoms with van der Waals surface area (Å²) in [6.45, 7) is 4.06. The monoisotopic (exact) mass is 261 g/mol. The first-order valence-electron chi connectivity index (χ1n) is 6.67. The predicted octanol–water partition coefficient (Wildman–Crippen LogP) is 0.0148. The third kappa shape index (κ3) is 2.35.